The summed E-state index contributed by atoms with van der Waals surface area (Å²) in [6.07, 6.45) is 0.113. The molecule has 15 heavy (non-hydrogen) atoms. The van der Waals surface area contributed by atoms with Gasteiger partial charge in [0.25, 0.3) is 0 Å². The predicted octanol–water partition coefficient (Wildman–Crippen LogP) is 1.82. The monoisotopic (exact) mass is 207 g/mol. The topological polar surface area (TPSA) is 30.5 Å². The largest absolute Gasteiger partial charge is 0.486 e. The van der Waals surface area contributed by atoms with E-state index in [0.717, 1.165) is 18.0 Å². The second-order valence-electron chi connectivity index (χ2n) is 4.06. The van der Waals surface area contributed by atoms with E-state index in [1.54, 1.807) is 0 Å². The molecule has 2 rings (SSSR count). The van der Waals surface area contributed by atoms with E-state index in [-0.39, 0.29) is 6.10 Å². The zero-order valence-corrected chi connectivity index (χ0v) is 9.19. The highest BCUT2D eigenvalue weighted by Gasteiger charge is 2.19. The van der Waals surface area contributed by atoms with Gasteiger partial charge < -0.3 is 14.8 Å². The van der Waals surface area contributed by atoms with Gasteiger partial charge in [0.1, 0.15) is 12.7 Å². The standard InChI is InChI=1S/C12H17NO2/c1-9(2)13-7-10-8-14-11-5-3-4-6-12(11)15-10/h3-6,9-10,13H,7-8H2,1-2H3. The number of fused-ring (bicyclic) bond motifs is 1. The Labute approximate surface area is 90.4 Å². The maximum atomic E-state index is 5.79. The van der Waals surface area contributed by atoms with Crippen LogP contribution in [0.1, 0.15) is 13.8 Å². The average molecular weight is 207 g/mol. The van der Waals surface area contributed by atoms with Crippen LogP contribution in [-0.2, 0) is 0 Å². The van der Waals surface area contributed by atoms with Crippen molar-refractivity contribution >= 4 is 0 Å². The van der Waals surface area contributed by atoms with E-state index >= 15 is 0 Å². The first kappa shape index (κ1) is 10.3. The summed E-state index contributed by atoms with van der Waals surface area (Å²) in [4.78, 5) is 0. The van der Waals surface area contributed by atoms with Crippen LogP contribution in [-0.4, -0.2) is 25.3 Å². The number of hydrogen-bond acceptors (Lipinski definition) is 3. The Morgan fingerprint density at radius 2 is 2.07 bits per heavy atom. The van der Waals surface area contributed by atoms with Crippen molar-refractivity contribution < 1.29 is 9.47 Å². The van der Waals surface area contributed by atoms with Crippen LogP contribution in [0, 0.1) is 0 Å². The molecule has 1 unspecified atom stereocenters. The highest BCUT2D eigenvalue weighted by atomic mass is 16.6. The number of para-hydroxylation sites is 2. The van der Waals surface area contributed by atoms with Crippen molar-refractivity contribution in [3.8, 4) is 11.5 Å². The van der Waals surface area contributed by atoms with E-state index in [2.05, 4.69) is 19.2 Å². The molecular weight excluding hydrogens is 190 g/mol. The van der Waals surface area contributed by atoms with Gasteiger partial charge in [-0.2, -0.15) is 0 Å². The fourth-order valence-corrected chi connectivity index (χ4v) is 1.53. The van der Waals surface area contributed by atoms with Gasteiger partial charge in [-0.3, -0.25) is 0 Å². The summed E-state index contributed by atoms with van der Waals surface area (Å²) < 4.78 is 11.4. The van der Waals surface area contributed by atoms with Crippen LogP contribution in [0.3, 0.4) is 0 Å². The predicted molar refractivity (Wildman–Crippen MR) is 59.5 cm³/mol. The van der Waals surface area contributed by atoms with E-state index in [9.17, 15) is 0 Å². The van der Waals surface area contributed by atoms with E-state index < -0.39 is 0 Å². The van der Waals surface area contributed by atoms with Crippen molar-refractivity contribution in [1.82, 2.24) is 5.32 Å². The Bertz CT molecular complexity index is 325. The van der Waals surface area contributed by atoms with Gasteiger partial charge in [0.05, 0.1) is 0 Å². The minimum absolute atomic E-state index is 0.113. The summed E-state index contributed by atoms with van der Waals surface area (Å²) >= 11 is 0. The smallest absolute Gasteiger partial charge is 0.161 e. The van der Waals surface area contributed by atoms with Gasteiger partial charge in [0.2, 0.25) is 0 Å². The summed E-state index contributed by atoms with van der Waals surface area (Å²) in [6, 6.07) is 8.26. The highest BCUT2D eigenvalue weighted by molar-refractivity contribution is 5.40. The van der Waals surface area contributed by atoms with Gasteiger partial charge in [-0.25, -0.2) is 0 Å². The van der Waals surface area contributed by atoms with Crippen molar-refractivity contribution in [2.75, 3.05) is 13.2 Å². The third-order valence-corrected chi connectivity index (χ3v) is 2.32. The third-order valence-electron chi connectivity index (χ3n) is 2.32. The zero-order valence-electron chi connectivity index (χ0n) is 9.19. The number of hydrogen-bond donors (Lipinski definition) is 1. The number of nitrogens with one attached hydrogen (secondary N) is 1. The number of benzene rings is 1. The lowest BCUT2D eigenvalue weighted by Gasteiger charge is -2.27. The fraction of sp³-hybridized carbons (Fsp3) is 0.500. The van der Waals surface area contributed by atoms with Gasteiger partial charge in [-0.15, -0.1) is 0 Å². The first-order valence-corrected chi connectivity index (χ1v) is 5.37. The lowest BCUT2D eigenvalue weighted by Crippen LogP contribution is -2.40. The molecule has 0 saturated heterocycles. The molecular formula is C12H17NO2. The van der Waals surface area contributed by atoms with Crippen LogP contribution in [0.5, 0.6) is 11.5 Å². The summed E-state index contributed by atoms with van der Waals surface area (Å²) in [5.74, 6) is 1.69. The summed E-state index contributed by atoms with van der Waals surface area (Å²) in [5.41, 5.74) is 0. The van der Waals surface area contributed by atoms with Crippen LogP contribution < -0.4 is 14.8 Å². The molecule has 0 saturated carbocycles. The molecule has 1 heterocycles. The molecule has 3 nitrogen and oxygen atoms in total. The molecule has 0 fully saturated rings. The zero-order chi connectivity index (χ0) is 10.7. The van der Waals surface area contributed by atoms with Crippen molar-refractivity contribution in [3.63, 3.8) is 0 Å². The second kappa shape index (κ2) is 4.53. The molecule has 1 aliphatic rings. The molecule has 1 aliphatic heterocycles. The van der Waals surface area contributed by atoms with Crippen molar-refractivity contribution in [1.29, 1.82) is 0 Å². The fourth-order valence-electron chi connectivity index (χ4n) is 1.53. The molecule has 0 bridgehead atoms. The molecule has 1 aromatic carbocycles. The van der Waals surface area contributed by atoms with Crippen LogP contribution in [0.2, 0.25) is 0 Å². The normalized spacial score (nSPS) is 19.3. The second-order valence-corrected chi connectivity index (χ2v) is 4.06. The van der Waals surface area contributed by atoms with Crippen molar-refractivity contribution in [2.24, 2.45) is 0 Å². The minimum Gasteiger partial charge on any atom is -0.486 e. The van der Waals surface area contributed by atoms with E-state index in [4.69, 9.17) is 9.47 Å². The third kappa shape index (κ3) is 2.63. The Balaban J connectivity index is 1.94. The quantitative estimate of drug-likeness (QED) is 0.820. The molecule has 1 aromatic rings. The van der Waals surface area contributed by atoms with E-state index in [0.29, 0.717) is 12.6 Å². The maximum absolute atomic E-state index is 5.79. The summed E-state index contributed by atoms with van der Waals surface area (Å²) in [6.45, 7) is 5.69. The Kier molecular flexibility index (Phi) is 3.11. The van der Waals surface area contributed by atoms with Gasteiger partial charge in [0.15, 0.2) is 11.5 Å². The molecule has 0 radical (unpaired) electrons. The van der Waals surface area contributed by atoms with Crippen LogP contribution in [0.15, 0.2) is 24.3 Å². The molecule has 1 N–H and O–H groups in total. The number of ether oxygens (including phenoxy) is 2. The van der Waals surface area contributed by atoms with Crippen LogP contribution >= 0.6 is 0 Å². The lowest BCUT2D eigenvalue weighted by molar-refractivity contribution is 0.0890. The summed E-state index contributed by atoms with van der Waals surface area (Å²) in [7, 11) is 0. The first-order chi connectivity index (χ1) is 7.25. The van der Waals surface area contributed by atoms with Crippen LogP contribution in [0.4, 0.5) is 0 Å². The molecule has 0 aliphatic carbocycles. The molecule has 0 amide bonds. The van der Waals surface area contributed by atoms with E-state index in [1.807, 2.05) is 24.3 Å². The maximum Gasteiger partial charge on any atom is 0.161 e. The molecule has 0 spiro atoms. The molecule has 0 aromatic heterocycles. The van der Waals surface area contributed by atoms with Gasteiger partial charge >= 0.3 is 0 Å². The Morgan fingerprint density at radius 3 is 2.80 bits per heavy atom. The SMILES string of the molecule is CC(C)NCC1COc2ccccc2O1. The average Bonchev–Trinajstić information content (AvgIpc) is 2.26. The molecule has 1 atom stereocenters. The van der Waals surface area contributed by atoms with Gasteiger partial charge in [-0.1, -0.05) is 26.0 Å². The minimum atomic E-state index is 0.113. The lowest BCUT2D eigenvalue weighted by atomic mass is 10.2. The van der Waals surface area contributed by atoms with Gasteiger partial charge in [-0.05, 0) is 12.1 Å². The van der Waals surface area contributed by atoms with Gasteiger partial charge in [0, 0.05) is 12.6 Å². The van der Waals surface area contributed by atoms with Crippen molar-refractivity contribution in [3.05, 3.63) is 24.3 Å². The van der Waals surface area contributed by atoms with E-state index in [1.165, 1.54) is 0 Å². The van der Waals surface area contributed by atoms with Crippen molar-refractivity contribution in [2.45, 2.75) is 26.0 Å². The first-order valence-electron chi connectivity index (χ1n) is 5.37. The Hall–Kier alpha value is -1.22. The molecule has 82 valence electrons. The number of rotatable bonds is 3. The van der Waals surface area contributed by atoms with Crippen LogP contribution in [0.25, 0.3) is 0 Å². The summed E-state index contributed by atoms with van der Waals surface area (Å²) in [5, 5.41) is 3.34. The molecule has 3 heteroatoms. The Morgan fingerprint density at radius 1 is 1.33 bits per heavy atom. The highest BCUT2D eigenvalue weighted by Crippen LogP contribution is 2.30.